The molecule has 3 aromatic rings. The van der Waals surface area contributed by atoms with Gasteiger partial charge in [-0.05, 0) is 29.8 Å². The van der Waals surface area contributed by atoms with Crippen molar-refractivity contribution in [3.05, 3.63) is 79.5 Å². The number of halogens is 2. The average molecular weight is 447 g/mol. The van der Waals surface area contributed by atoms with Crippen LogP contribution in [0.15, 0.2) is 53.3 Å². The number of benzene rings is 2. The number of aromatic nitrogens is 1. The minimum atomic E-state index is -0.611. The zero-order valence-corrected chi connectivity index (χ0v) is 17.4. The molecule has 1 atom stereocenters. The SMILES string of the molecule is COC(=O)Cn1c2c(sc1=O)[C@H](c1ccc(F)cc1Cl)CC(=O)N2c1ccccc1. The third kappa shape index (κ3) is 3.53. The highest BCUT2D eigenvalue weighted by molar-refractivity contribution is 7.10. The number of amides is 1. The fourth-order valence-electron chi connectivity index (χ4n) is 3.56. The minimum Gasteiger partial charge on any atom is -0.468 e. The fourth-order valence-corrected chi connectivity index (χ4v) is 4.95. The van der Waals surface area contributed by atoms with E-state index in [1.54, 1.807) is 24.3 Å². The van der Waals surface area contributed by atoms with E-state index >= 15 is 0 Å². The van der Waals surface area contributed by atoms with Gasteiger partial charge in [-0.1, -0.05) is 47.2 Å². The summed E-state index contributed by atoms with van der Waals surface area (Å²) in [6, 6.07) is 12.8. The number of hydrogen-bond acceptors (Lipinski definition) is 5. The molecule has 0 aliphatic carbocycles. The number of anilines is 2. The molecule has 30 heavy (non-hydrogen) atoms. The molecule has 0 radical (unpaired) electrons. The van der Waals surface area contributed by atoms with Crippen molar-refractivity contribution < 1.29 is 18.7 Å². The van der Waals surface area contributed by atoms with E-state index in [1.165, 1.54) is 34.8 Å². The predicted octanol–water partition coefficient (Wildman–Crippen LogP) is 4.08. The summed E-state index contributed by atoms with van der Waals surface area (Å²) in [5.74, 6) is -1.59. The van der Waals surface area contributed by atoms with E-state index in [9.17, 15) is 18.8 Å². The van der Waals surface area contributed by atoms with Gasteiger partial charge in [0.15, 0.2) is 0 Å². The Hall–Kier alpha value is -2.97. The lowest BCUT2D eigenvalue weighted by Gasteiger charge is -2.32. The molecular weight excluding hydrogens is 431 g/mol. The largest absolute Gasteiger partial charge is 0.468 e. The molecule has 9 heteroatoms. The molecule has 2 heterocycles. The van der Waals surface area contributed by atoms with Crippen LogP contribution in [-0.2, 0) is 20.9 Å². The molecule has 0 unspecified atom stereocenters. The first-order chi connectivity index (χ1) is 14.4. The van der Waals surface area contributed by atoms with E-state index in [2.05, 4.69) is 0 Å². The fraction of sp³-hybridized carbons (Fsp3) is 0.190. The zero-order chi connectivity index (χ0) is 21.4. The number of fused-ring (bicyclic) bond motifs is 1. The molecule has 0 fully saturated rings. The van der Waals surface area contributed by atoms with Crippen LogP contribution < -0.4 is 9.77 Å². The van der Waals surface area contributed by atoms with Crippen LogP contribution in [0.5, 0.6) is 0 Å². The monoisotopic (exact) mass is 446 g/mol. The highest BCUT2D eigenvalue weighted by atomic mass is 35.5. The molecule has 0 N–H and O–H groups in total. The second-order valence-electron chi connectivity index (χ2n) is 6.71. The van der Waals surface area contributed by atoms with Crippen LogP contribution in [0.4, 0.5) is 15.9 Å². The molecule has 0 saturated carbocycles. The van der Waals surface area contributed by atoms with Crippen LogP contribution in [0.1, 0.15) is 22.8 Å². The Morgan fingerprint density at radius 3 is 2.63 bits per heavy atom. The van der Waals surface area contributed by atoms with Gasteiger partial charge in [0, 0.05) is 17.4 Å². The van der Waals surface area contributed by atoms with Crippen LogP contribution in [0.3, 0.4) is 0 Å². The number of nitrogens with zero attached hydrogens (tertiary/aromatic N) is 2. The van der Waals surface area contributed by atoms with Crippen LogP contribution in [0, 0.1) is 5.82 Å². The van der Waals surface area contributed by atoms with E-state index in [0.717, 1.165) is 11.3 Å². The van der Waals surface area contributed by atoms with Gasteiger partial charge >= 0.3 is 10.8 Å². The Morgan fingerprint density at radius 2 is 1.97 bits per heavy atom. The lowest BCUT2D eigenvalue weighted by molar-refractivity contribution is -0.141. The van der Waals surface area contributed by atoms with Crippen molar-refractivity contribution in [2.75, 3.05) is 12.0 Å². The van der Waals surface area contributed by atoms with Gasteiger partial charge in [0.1, 0.15) is 18.2 Å². The topological polar surface area (TPSA) is 68.6 Å². The van der Waals surface area contributed by atoms with Crippen LogP contribution in [-0.4, -0.2) is 23.6 Å². The van der Waals surface area contributed by atoms with E-state index < -0.39 is 22.6 Å². The normalized spacial score (nSPS) is 15.8. The van der Waals surface area contributed by atoms with Crippen LogP contribution in [0.25, 0.3) is 0 Å². The van der Waals surface area contributed by atoms with Gasteiger partial charge in [-0.25, -0.2) is 4.39 Å². The van der Waals surface area contributed by atoms with Crippen molar-refractivity contribution >= 4 is 46.3 Å². The minimum absolute atomic E-state index is 0.0470. The summed E-state index contributed by atoms with van der Waals surface area (Å²) in [6.45, 7) is -0.332. The standard InChI is InChI=1S/C21H16ClFN2O4S/c1-29-18(27)11-24-20-19(30-21(24)28)15(14-8-7-12(23)9-16(14)22)10-17(26)25(20)13-5-3-2-4-6-13/h2-9,15H,10-11H2,1H3/t15-/m0/s1. The molecule has 1 aliphatic heterocycles. The van der Waals surface area contributed by atoms with Crippen LogP contribution in [0.2, 0.25) is 5.02 Å². The van der Waals surface area contributed by atoms with Gasteiger partial charge in [-0.2, -0.15) is 0 Å². The van der Waals surface area contributed by atoms with E-state index in [1.807, 2.05) is 6.07 Å². The lowest BCUT2D eigenvalue weighted by atomic mass is 9.90. The molecule has 2 aromatic carbocycles. The maximum Gasteiger partial charge on any atom is 0.325 e. The van der Waals surface area contributed by atoms with Crippen LogP contribution >= 0.6 is 22.9 Å². The molecule has 1 aromatic heterocycles. The number of methoxy groups -OCH3 is 1. The number of esters is 1. The van der Waals surface area contributed by atoms with Crippen molar-refractivity contribution in [1.82, 2.24) is 4.57 Å². The first-order valence-corrected chi connectivity index (χ1v) is 10.2. The van der Waals surface area contributed by atoms with Crippen molar-refractivity contribution in [3.63, 3.8) is 0 Å². The number of ether oxygens (including phenoxy) is 1. The second kappa shape index (κ2) is 8.04. The van der Waals surface area contributed by atoms with Gasteiger partial charge in [-0.3, -0.25) is 23.9 Å². The summed E-state index contributed by atoms with van der Waals surface area (Å²) in [5, 5.41) is 0.173. The first-order valence-electron chi connectivity index (χ1n) is 9.04. The highest BCUT2D eigenvalue weighted by Gasteiger charge is 2.39. The zero-order valence-electron chi connectivity index (χ0n) is 15.8. The van der Waals surface area contributed by atoms with Gasteiger partial charge in [0.25, 0.3) is 0 Å². The third-order valence-corrected chi connectivity index (χ3v) is 6.33. The molecular formula is C21H16ClFN2O4S. The summed E-state index contributed by atoms with van der Waals surface area (Å²) in [4.78, 5) is 39.6. The predicted molar refractivity (Wildman–Crippen MR) is 112 cm³/mol. The number of thiazole rings is 1. The molecule has 154 valence electrons. The Labute approximate surface area is 180 Å². The number of carbonyl (C=O) groups is 2. The summed E-state index contributed by atoms with van der Waals surface area (Å²) < 4.78 is 19.5. The van der Waals surface area contributed by atoms with E-state index in [0.29, 0.717) is 21.9 Å². The molecule has 0 bridgehead atoms. The second-order valence-corrected chi connectivity index (χ2v) is 8.11. The molecule has 1 amide bonds. The van der Waals surface area contributed by atoms with Crippen molar-refractivity contribution in [2.45, 2.75) is 18.9 Å². The van der Waals surface area contributed by atoms with Crippen molar-refractivity contribution in [2.24, 2.45) is 0 Å². The molecule has 0 saturated heterocycles. The molecule has 0 spiro atoms. The Kier molecular flexibility index (Phi) is 5.44. The quantitative estimate of drug-likeness (QED) is 0.566. The molecule has 6 nitrogen and oxygen atoms in total. The Morgan fingerprint density at radius 1 is 1.23 bits per heavy atom. The number of para-hydroxylation sites is 1. The van der Waals surface area contributed by atoms with E-state index in [4.69, 9.17) is 16.3 Å². The number of hydrogen-bond donors (Lipinski definition) is 0. The Balaban J connectivity index is 1.94. The molecule has 4 rings (SSSR count). The Bertz CT molecular complexity index is 1190. The summed E-state index contributed by atoms with van der Waals surface area (Å²) >= 11 is 7.20. The smallest absolute Gasteiger partial charge is 0.325 e. The van der Waals surface area contributed by atoms with Gasteiger partial charge < -0.3 is 4.74 Å². The third-order valence-electron chi connectivity index (χ3n) is 4.92. The summed E-state index contributed by atoms with van der Waals surface area (Å²) in [6.07, 6.45) is 0.0470. The van der Waals surface area contributed by atoms with Gasteiger partial charge in [-0.15, -0.1) is 0 Å². The first kappa shape index (κ1) is 20.3. The highest BCUT2D eigenvalue weighted by Crippen LogP contribution is 2.46. The van der Waals surface area contributed by atoms with Gasteiger partial charge in [0.05, 0.1) is 17.7 Å². The van der Waals surface area contributed by atoms with Crippen molar-refractivity contribution in [1.29, 1.82) is 0 Å². The van der Waals surface area contributed by atoms with Crippen molar-refractivity contribution in [3.8, 4) is 0 Å². The molecule has 1 aliphatic rings. The average Bonchev–Trinajstić information content (AvgIpc) is 3.04. The van der Waals surface area contributed by atoms with E-state index in [-0.39, 0.29) is 23.9 Å². The maximum absolute atomic E-state index is 13.6. The maximum atomic E-state index is 13.6. The lowest BCUT2D eigenvalue weighted by Crippen LogP contribution is -2.36. The summed E-state index contributed by atoms with van der Waals surface area (Å²) in [7, 11) is 1.23. The van der Waals surface area contributed by atoms with Gasteiger partial charge in [0.2, 0.25) is 5.91 Å². The number of carbonyl (C=O) groups excluding carboxylic acids is 2. The summed E-state index contributed by atoms with van der Waals surface area (Å²) in [5.41, 5.74) is 1.12. The number of rotatable bonds is 4.